The lowest BCUT2D eigenvalue weighted by Crippen LogP contribution is -2.17. The smallest absolute Gasteiger partial charge is 0.303 e. The van der Waals surface area contributed by atoms with Crippen molar-refractivity contribution in [1.29, 1.82) is 0 Å². The molecule has 104 valence electrons. The van der Waals surface area contributed by atoms with Crippen LogP contribution in [0.5, 0.6) is 11.5 Å². The molecule has 5 nitrogen and oxygen atoms in total. The van der Waals surface area contributed by atoms with E-state index in [0.717, 1.165) is 10.0 Å². The maximum atomic E-state index is 10.5. The number of aliphatic carboxylic acids is 1. The molecule has 0 spiro atoms. The Labute approximate surface area is 119 Å². The molecule has 1 aliphatic heterocycles. The molecule has 0 saturated heterocycles. The molecular weight excluding hydrogens is 314 g/mol. The lowest BCUT2D eigenvalue weighted by molar-refractivity contribution is -0.137. The number of hydrogen-bond acceptors (Lipinski definition) is 4. The van der Waals surface area contributed by atoms with E-state index in [1.165, 1.54) is 0 Å². The van der Waals surface area contributed by atoms with Crippen LogP contribution in [0.25, 0.3) is 0 Å². The van der Waals surface area contributed by atoms with E-state index in [9.17, 15) is 4.79 Å². The van der Waals surface area contributed by atoms with E-state index in [4.69, 9.17) is 20.3 Å². The maximum absolute atomic E-state index is 10.5. The summed E-state index contributed by atoms with van der Waals surface area (Å²) in [6.45, 7) is 1.08. The van der Waals surface area contributed by atoms with Gasteiger partial charge in [0.1, 0.15) is 13.2 Å². The predicted octanol–water partition coefficient (Wildman–Crippen LogP) is 2.48. The normalized spacial score (nSPS) is 15.1. The van der Waals surface area contributed by atoms with E-state index >= 15 is 0 Å². The van der Waals surface area contributed by atoms with E-state index in [1.807, 2.05) is 12.1 Å². The summed E-state index contributed by atoms with van der Waals surface area (Å²) in [5.41, 5.74) is 7.01. The van der Waals surface area contributed by atoms with Gasteiger partial charge in [0.25, 0.3) is 0 Å². The number of halogens is 1. The summed E-state index contributed by atoms with van der Waals surface area (Å²) < 4.78 is 11.9. The minimum atomic E-state index is -0.798. The number of nitrogens with two attached hydrogens (primary N) is 1. The van der Waals surface area contributed by atoms with Gasteiger partial charge in [-0.2, -0.15) is 0 Å². The second-order valence-electron chi connectivity index (χ2n) is 4.41. The van der Waals surface area contributed by atoms with Gasteiger partial charge in [0.2, 0.25) is 0 Å². The third kappa shape index (κ3) is 3.61. The number of carbonyl (C=O) groups is 1. The van der Waals surface area contributed by atoms with Gasteiger partial charge < -0.3 is 20.3 Å². The molecule has 0 amide bonds. The van der Waals surface area contributed by atoms with Crippen LogP contribution >= 0.6 is 15.9 Å². The fourth-order valence-corrected chi connectivity index (χ4v) is 2.61. The van der Waals surface area contributed by atoms with Crippen molar-refractivity contribution in [1.82, 2.24) is 0 Å². The van der Waals surface area contributed by atoms with Crippen LogP contribution in [-0.4, -0.2) is 24.3 Å². The lowest BCUT2D eigenvalue weighted by Gasteiger charge is -2.21. The highest BCUT2D eigenvalue weighted by Gasteiger charge is 2.18. The standard InChI is InChI=1S/C13H16BrNO4/c14-9-7-12-11(18-4-5-19-12)6-8(9)10(15)2-1-3-13(16)17/h6-7,10H,1-5,15H2,(H,16,17). The topological polar surface area (TPSA) is 81.8 Å². The van der Waals surface area contributed by atoms with Crippen LogP contribution < -0.4 is 15.2 Å². The number of carboxylic acid groups (broad SMARTS) is 1. The largest absolute Gasteiger partial charge is 0.486 e. The molecule has 3 N–H and O–H groups in total. The van der Waals surface area contributed by atoms with E-state index in [1.54, 1.807) is 0 Å². The van der Waals surface area contributed by atoms with Crippen molar-refractivity contribution in [2.45, 2.75) is 25.3 Å². The van der Waals surface area contributed by atoms with Crippen LogP contribution in [0, 0.1) is 0 Å². The molecule has 2 rings (SSSR count). The highest BCUT2D eigenvalue weighted by atomic mass is 79.9. The van der Waals surface area contributed by atoms with Gasteiger partial charge in [0.15, 0.2) is 11.5 Å². The average molecular weight is 330 g/mol. The van der Waals surface area contributed by atoms with E-state index in [-0.39, 0.29) is 12.5 Å². The molecule has 19 heavy (non-hydrogen) atoms. The summed E-state index contributed by atoms with van der Waals surface area (Å²) in [4.78, 5) is 10.5. The third-order valence-electron chi connectivity index (χ3n) is 2.97. The zero-order valence-electron chi connectivity index (χ0n) is 10.4. The fraction of sp³-hybridized carbons (Fsp3) is 0.462. The van der Waals surface area contributed by atoms with Gasteiger partial charge in [0.05, 0.1) is 0 Å². The van der Waals surface area contributed by atoms with Crippen molar-refractivity contribution < 1.29 is 19.4 Å². The number of benzene rings is 1. The highest BCUT2D eigenvalue weighted by molar-refractivity contribution is 9.10. The summed E-state index contributed by atoms with van der Waals surface area (Å²) in [6.07, 6.45) is 1.30. The summed E-state index contributed by atoms with van der Waals surface area (Å²) in [5, 5.41) is 8.62. The Morgan fingerprint density at radius 1 is 1.37 bits per heavy atom. The minimum absolute atomic E-state index is 0.135. The molecular formula is C13H16BrNO4. The van der Waals surface area contributed by atoms with Crippen LogP contribution in [-0.2, 0) is 4.79 Å². The average Bonchev–Trinajstić information content (AvgIpc) is 2.37. The summed E-state index contributed by atoms with van der Waals surface area (Å²) in [7, 11) is 0. The predicted molar refractivity (Wildman–Crippen MR) is 73.5 cm³/mol. The summed E-state index contributed by atoms with van der Waals surface area (Å²) >= 11 is 3.46. The Kier molecular flexibility index (Phi) is 4.66. The number of hydrogen-bond donors (Lipinski definition) is 2. The van der Waals surface area contributed by atoms with Gasteiger partial charge in [-0.3, -0.25) is 4.79 Å². The SMILES string of the molecule is NC(CCCC(=O)O)c1cc2c(cc1Br)OCCO2. The second-order valence-corrected chi connectivity index (χ2v) is 5.26. The van der Waals surface area contributed by atoms with Crippen molar-refractivity contribution in [3.8, 4) is 11.5 Å². The number of fused-ring (bicyclic) bond motifs is 1. The first kappa shape index (κ1) is 14.1. The highest BCUT2D eigenvalue weighted by Crippen LogP contribution is 2.38. The molecule has 1 heterocycles. The number of ether oxygens (including phenoxy) is 2. The van der Waals surface area contributed by atoms with Gasteiger partial charge >= 0.3 is 5.97 Å². The number of rotatable bonds is 5. The number of carboxylic acids is 1. The van der Waals surface area contributed by atoms with Gasteiger partial charge in [-0.1, -0.05) is 15.9 Å². The van der Waals surface area contributed by atoms with Crippen LogP contribution in [0.4, 0.5) is 0 Å². The molecule has 1 aromatic rings. The Balaban J connectivity index is 2.08. The van der Waals surface area contributed by atoms with E-state index in [0.29, 0.717) is 37.6 Å². The van der Waals surface area contributed by atoms with Crippen molar-refractivity contribution >= 4 is 21.9 Å². The molecule has 0 aromatic heterocycles. The minimum Gasteiger partial charge on any atom is -0.486 e. The van der Waals surface area contributed by atoms with E-state index in [2.05, 4.69) is 15.9 Å². The van der Waals surface area contributed by atoms with Crippen LogP contribution in [0.15, 0.2) is 16.6 Å². The lowest BCUT2D eigenvalue weighted by atomic mass is 10.0. The first-order valence-electron chi connectivity index (χ1n) is 6.14. The summed E-state index contributed by atoms with van der Waals surface area (Å²) in [6, 6.07) is 3.50. The van der Waals surface area contributed by atoms with Crippen LogP contribution in [0.3, 0.4) is 0 Å². The van der Waals surface area contributed by atoms with E-state index < -0.39 is 5.97 Å². The van der Waals surface area contributed by atoms with Crippen molar-refractivity contribution in [2.75, 3.05) is 13.2 Å². The second kappa shape index (κ2) is 6.25. The first-order chi connectivity index (χ1) is 9.08. The van der Waals surface area contributed by atoms with Crippen LogP contribution in [0.2, 0.25) is 0 Å². The Hall–Kier alpha value is -1.27. The van der Waals surface area contributed by atoms with Gasteiger partial charge in [0, 0.05) is 16.9 Å². The molecule has 0 aliphatic carbocycles. The van der Waals surface area contributed by atoms with Gasteiger partial charge in [-0.15, -0.1) is 0 Å². The molecule has 6 heteroatoms. The van der Waals surface area contributed by atoms with Crippen molar-refractivity contribution in [2.24, 2.45) is 5.73 Å². The van der Waals surface area contributed by atoms with Gasteiger partial charge in [-0.05, 0) is 30.5 Å². The molecule has 1 unspecified atom stereocenters. The quantitative estimate of drug-likeness (QED) is 0.867. The zero-order valence-corrected chi connectivity index (χ0v) is 12.0. The summed E-state index contributed by atoms with van der Waals surface area (Å²) in [5.74, 6) is 0.603. The molecule has 1 aliphatic rings. The molecule has 0 saturated carbocycles. The Morgan fingerprint density at radius 3 is 2.63 bits per heavy atom. The third-order valence-corrected chi connectivity index (χ3v) is 3.65. The van der Waals surface area contributed by atoms with Crippen molar-refractivity contribution in [3.05, 3.63) is 22.2 Å². The van der Waals surface area contributed by atoms with Gasteiger partial charge in [-0.25, -0.2) is 0 Å². The molecule has 0 fully saturated rings. The molecule has 1 aromatic carbocycles. The zero-order chi connectivity index (χ0) is 13.8. The van der Waals surface area contributed by atoms with Crippen LogP contribution in [0.1, 0.15) is 30.9 Å². The molecule has 0 bridgehead atoms. The Bertz CT molecular complexity index is 478. The fourth-order valence-electron chi connectivity index (χ4n) is 1.99. The maximum Gasteiger partial charge on any atom is 0.303 e. The van der Waals surface area contributed by atoms with Crippen molar-refractivity contribution in [3.63, 3.8) is 0 Å². The first-order valence-corrected chi connectivity index (χ1v) is 6.93. The molecule has 0 radical (unpaired) electrons. The molecule has 1 atom stereocenters. The monoisotopic (exact) mass is 329 g/mol. The Morgan fingerprint density at radius 2 is 2.00 bits per heavy atom.